The molecule has 0 bridgehead atoms. The zero-order valence-electron chi connectivity index (χ0n) is 6.46. The summed E-state index contributed by atoms with van der Waals surface area (Å²) >= 11 is 0. The van der Waals surface area contributed by atoms with Gasteiger partial charge in [0.15, 0.2) is 0 Å². The zero-order chi connectivity index (χ0) is 8.55. The summed E-state index contributed by atoms with van der Waals surface area (Å²) in [6.07, 6.45) is 0.920. The Bertz CT molecular complexity index is 324. The molecule has 0 saturated carbocycles. The number of benzene rings is 1. The molecule has 1 aromatic rings. The molecule has 2 nitrogen and oxygen atoms in total. The molecule has 3 heteroatoms. The second-order valence-electron chi connectivity index (χ2n) is 2.80. The first kappa shape index (κ1) is 7.28. The number of rotatable bonds is 0. The Kier molecular flexibility index (Phi) is 1.57. The quantitative estimate of drug-likeness (QED) is 0.537. The van der Waals surface area contributed by atoms with Crippen LogP contribution in [0.2, 0.25) is 0 Å². The fraction of sp³-hybridized carbons (Fsp3) is 0.222. The molecule has 0 unspecified atom stereocenters. The summed E-state index contributed by atoms with van der Waals surface area (Å²) in [5.41, 5.74) is 1.30. The number of aryl methyl sites for hydroxylation is 1. The van der Waals surface area contributed by atoms with Gasteiger partial charge in [0.05, 0.1) is 5.69 Å². The Labute approximate surface area is 69.5 Å². The number of hydrogen-bond acceptors (Lipinski definition) is 1. The molecule has 2 rings (SSSR count). The van der Waals surface area contributed by atoms with E-state index in [1.165, 1.54) is 0 Å². The molecule has 0 radical (unpaired) electrons. The third-order valence-electron chi connectivity index (χ3n) is 2.03. The molecule has 0 aliphatic carbocycles. The lowest BCUT2D eigenvalue weighted by Crippen LogP contribution is -2.27. The number of hydrogen-bond donors (Lipinski definition) is 0. The highest BCUT2D eigenvalue weighted by molar-refractivity contribution is 5.94. The third kappa shape index (κ3) is 0.978. The van der Waals surface area contributed by atoms with E-state index >= 15 is 0 Å². The number of carbonyl (C=O) groups excluding carboxylic acids is 1. The maximum absolute atomic E-state index is 13.1. The summed E-state index contributed by atoms with van der Waals surface area (Å²) in [4.78, 5) is 10.9. The van der Waals surface area contributed by atoms with Crippen molar-refractivity contribution in [1.29, 1.82) is 0 Å². The van der Waals surface area contributed by atoms with E-state index in [0.717, 1.165) is 5.56 Å². The van der Waals surface area contributed by atoms with Crippen molar-refractivity contribution in [3.8, 4) is 0 Å². The van der Waals surface area contributed by atoms with Gasteiger partial charge < -0.3 is 0 Å². The highest BCUT2D eigenvalue weighted by Gasteiger charge is 2.23. The maximum Gasteiger partial charge on any atom is 0.255 e. The smallest absolute Gasteiger partial charge is 0.255 e. The zero-order valence-corrected chi connectivity index (χ0v) is 6.46. The van der Waals surface area contributed by atoms with Crippen LogP contribution in [0.15, 0.2) is 24.3 Å². The van der Waals surface area contributed by atoms with Gasteiger partial charge in [0.1, 0.15) is 0 Å². The van der Waals surface area contributed by atoms with Crippen molar-refractivity contribution in [2.45, 2.75) is 12.8 Å². The predicted octanol–water partition coefficient (Wildman–Crippen LogP) is 1.85. The van der Waals surface area contributed by atoms with Crippen LogP contribution >= 0.6 is 0 Å². The van der Waals surface area contributed by atoms with Crippen LogP contribution in [0, 0.1) is 0 Å². The lowest BCUT2D eigenvalue weighted by molar-refractivity contribution is -0.121. The van der Waals surface area contributed by atoms with Crippen molar-refractivity contribution in [3.63, 3.8) is 0 Å². The van der Waals surface area contributed by atoms with E-state index < -0.39 is 5.91 Å². The average molecular weight is 165 g/mol. The average Bonchev–Trinajstić information content (AvgIpc) is 2.12. The van der Waals surface area contributed by atoms with E-state index in [1.54, 1.807) is 12.1 Å². The molecule has 1 aliphatic heterocycles. The maximum atomic E-state index is 13.1. The Morgan fingerprint density at radius 3 is 2.83 bits per heavy atom. The van der Waals surface area contributed by atoms with E-state index in [4.69, 9.17) is 0 Å². The molecule has 0 saturated heterocycles. The van der Waals surface area contributed by atoms with Gasteiger partial charge in [0.2, 0.25) is 0 Å². The SMILES string of the molecule is O=C1CCc2ccccc2N1F. The molecule has 12 heavy (non-hydrogen) atoms. The molecular formula is C9H8FNO. The Morgan fingerprint density at radius 1 is 1.25 bits per heavy atom. The van der Waals surface area contributed by atoms with E-state index in [0.29, 0.717) is 12.1 Å². The number of carbonyl (C=O) groups is 1. The Balaban J connectivity index is 2.48. The van der Waals surface area contributed by atoms with E-state index in [9.17, 15) is 9.28 Å². The van der Waals surface area contributed by atoms with Crippen molar-refractivity contribution in [1.82, 2.24) is 0 Å². The number of amides is 1. The van der Waals surface area contributed by atoms with Gasteiger partial charge in [0, 0.05) is 6.42 Å². The van der Waals surface area contributed by atoms with Crippen molar-refractivity contribution in [2.24, 2.45) is 0 Å². The first-order chi connectivity index (χ1) is 5.79. The number of nitrogens with zero attached hydrogens (tertiary/aromatic N) is 1. The van der Waals surface area contributed by atoms with Crippen LogP contribution in [0.1, 0.15) is 12.0 Å². The standard InChI is InChI=1S/C9H8FNO/c10-11-8-4-2-1-3-7(8)5-6-9(11)12/h1-4H,5-6H2. The minimum atomic E-state index is -0.450. The second kappa shape index (κ2) is 2.59. The lowest BCUT2D eigenvalue weighted by atomic mass is 10.0. The molecule has 0 atom stereocenters. The van der Waals surface area contributed by atoms with Gasteiger partial charge >= 0.3 is 0 Å². The second-order valence-corrected chi connectivity index (χ2v) is 2.80. The predicted molar refractivity (Wildman–Crippen MR) is 43.4 cm³/mol. The van der Waals surface area contributed by atoms with Gasteiger partial charge in [-0.25, -0.2) is 0 Å². The fourth-order valence-corrected chi connectivity index (χ4v) is 1.39. The monoisotopic (exact) mass is 165 g/mol. The van der Waals surface area contributed by atoms with Crippen LogP contribution in [0.3, 0.4) is 0 Å². The Morgan fingerprint density at radius 2 is 2.00 bits per heavy atom. The van der Waals surface area contributed by atoms with Gasteiger partial charge in [-0.3, -0.25) is 4.79 Å². The summed E-state index contributed by atoms with van der Waals surface area (Å²) in [7, 11) is 0. The Hall–Kier alpha value is -1.38. The molecular weight excluding hydrogens is 157 g/mol. The minimum Gasteiger partial charge on any atom is -0.272 e. The molecule has 1 heterocycles. The van der Waals surface area contributed by atoms with Crippen molar-refractivity contribution >= 4 is 11.6 Å². The van der Waals surface area contributed by atoms with Crippen molar-refractivity contribution in [3.05, 3.63) is 29.8 Å². The summed E-state index contributed by atoms with van der Waals surface area (Å²) in [6.45, 7) is 0. The van der Waals surface area contributed by atoms with Crippen LogP contribution in [-0.2, 0) is 11.2 Å². The van der Waals surface area contributed by atoms with Gasteiger partial charge in [-0.15, -0.1) is 5.12 Å². The summed E-state index contributed by atoms with van der Waals surface area (Å²) in [5.74, 6) is -0.450. The first-order valence-electron chi connectivity index (χ1n) is 3.85. The van der Waals surface area contributed by atoms with Crippen molar-refractivity contribution < 1.29 is 9.28 Å². The van der Waals surface area contributed by atoms with E-state index in [2.05, 4.69) is 0 Å². The van der Waals surface area contributed by atoms with Gasteiger partial charge in [-0.2, -0.15) is 0 Å². The van der Waals surface area contributed by atoms with Crippen LogP contribution in [0.4, 0.5) is 10.2 Å². The molecule has 62 valence electrons. The van der Waals surface area contributed by atoms with E-state index in [-0.39, 0.29) is 11.5 Å². The van der Waals surface area contributed by atoms with Crippen LogP contribution in [-0.4, -0.2) is 5.91 Å². The number of anilines is 1. The molecule has 1 amide bonds. The summed E-state index contributed by atoms with van der Waals surface area (Å²) in [6, 6.07) is 7.03. The van der Waals surface area contributed by atoms with Crippen LogP contribution in [0.25, 0.3) is 0 Å². The largest absolute Gasteiger partial charge is 0.272 e. The number of fused-ring (bicyclic) bond motifs is 1. The molecule has 1 aliphatic rings. The molecule has 0 N–H and O–H groups in total. The third-order valence-corrected chi connectivity index (χ3v) is 2.03. The van der Waals surface area contributed by atoms with Gasteiger partial charge in [-0.05, 0) is 18.1 Å². The first-order valence-corrected chi connectivity index (χ1v) is 3.85. The topological polar surface area (TPSA) is 20.3 Å². The summed E-state index contributed by atoms with van der Waals surface area (Å²) < 4.78 is 13.1. The highest BCUT2D eigenvalue weighted by Crippen LogP contribution is 2.27. The number of para-hydroxylation sites is 1. The molecule has 0 aromatic heterocycles. The normalized spacial score (nSPS) is 16.1. The fourth-order valence-electron chi connectivity index (χ4n) is 1.39. The van der Waals surface area contributed by atoms with Crippen molar-refractivity contribution in [2.75, 3.05) is 5.12 Å². The number of halogens is 1. The van der Waals surface area contributed by atoms with Crippen LogP contribution in [0.5, 0.6) is 0 Å². The summed E-state index contributed by atoms with van der Waals surface area (Å²) in [5, 5.41) is 0.235. The van der Waals surface area contributed by atoms with E-state index in [1.807, 2.05) is 12.1 Å². The highest BCUT2D eigenvalue weighted by atomic mass is 19.2. The molecule has 1 aromatic carbocycles. The molecule has 0 spiro atoms. The minimum absolute atomic E-state index is 0.235. The van der Waals surface area contributed by atoms with Gasteiger partial charge in [-0.1, -0.05) is 22.7 Å². The van der Waals surface area contributed by atoms with Crippen LogP contribution < -0.4 is 5.12 Å². The van der Waals surface area contributed by atoms with Gasteiger partial charge in [0.25, 0.3) is 5.91 Å². The molecule has 0 fully saturated rings. The lowest BCUT2D eigenvalue weighted by Gasteiger charge is -2.20.